The summed E-state index contributed by atoms with van der Waals surface area (Å²) in [5.74, 6) is 0.285. The average molecular weight is 457 g/mol. The lowest BCUT2D eigenvalue weighted by atomic mass is 10.1. The molecule has 0 spiro atoms. The number of rotatable bonds is 11. The van der Waals surface area contributed by atoms with Gasteiger partial charge in [-0.05, 0) is 24.6 Å². The number of carbonyl (C=O) groups excluding carboxylic acids is 1. The lowest BCUT2D eigenvalue weighted by molar-refractivity contribution is -0.122. The first-order valence-corrected chi connectivity index (χ1v) is 11.9. The van der Waals surface area contributed by atoms with Gasteiger partial charge in [0.15, 0.2) is 0 Å². The highest BCUT2D eigenvalue weighted by atomic mass is 32.2. The van der Waals surface area contributed by atoms with Gasteiger partial charge in [-0.1, -0.05) is 75.1 Å². The third-order valence-corrected chi connectivity index (χ3v) is 6.44. The molecule has 164 valence electrons. The van der Waals surface area contributed by atoms with Crippen molar-refractivity contribution < 1.29 is 4.79 Å². The molecule has 8 heteroatoms. The first kappa shape index (κ1) is 23.2. The standard InChI is InChI=1S/C23H28N4O2S2/c1-3-5-6-7-8-10-15-27-22(29)18(31-23(27)30)16-17-20(24-13-4-2)25-19-12-9-11-14-26(19)21(17)28/h4,9,11-12,14,16,24H,2-3,5-8,10,13,15H2,1H3. The smallest absolute Gasteiger partial charge is 0.267 e. The maximum Gasteiger partial charge on any atom is 0.267 e. The molecule has 1 aliphatic rings. The van der Waals surface area contributed by atoms with E-state index in [2.05, 4.69) is 23.8 Å². The molecule has 1 N–H and O–H groups in total. The van der Waals surface area contributed by atoms with Gasteiger partial charge in [-0.15, -0.1) is 6.58 Å². The molecule has 1 fully saturated rings. The Morgan fingerprint density at radius 2 is 1.97 bits per heavy atom. The molecule has 0 aromatic carbocycles. The molecule has 3 rings (SSSR count). The molecule has 2 aromatic heterocycles. The van der Waals surface area contributed by atoms with Crippen LogP contribution >= 0.6 is 24.0 Å². The largest absolute Gasteiger partial charge is 0.366 e. The molecule has 0 unspecified atom stereocenters. The van der Waals surface area contributed by atoms with Gasteiger partial charge in [0.05, 0.1) is 10.5 Å². The molecule has 2 aromatic rings. The van der Waals surface area contributed by atoms with Crippen LogP contribution in [-0.4, -0.2) is 37.6 Å². The van der Waals surface area contributed by atoms with Crippen LogP contribution in [0.1, 0.15) is 51.0 Å². The highest BCUT2D eigenvalue weighted by Gasteiger charge is 2.32. The van der Waals surface area contributed by atoms with Crippen molar-refractivity contribution in [1.29, 1.82) is 0 Å². The molecular formula is C23H28N4O2S2. The van der Waals surface area contributed by atoms with Crippen molar-refractivity contribution in [2.75, 3.05) is 18.4 Å². The normalized spacial score (nSPS) is 15.3. The summed E-state index contributed by atoms with van der Waals surface area (Å²) in [5, 5.41) is 3.11. The average Bonchev–Trinajstić information content (AvgIpc) is 3.04. The van der Waals surface area contributed by atoms with Gasteiger partial charge in [0.1, 0.15) is 15.8 Å². The van der Waals surface area contributed by atoms with Crippen LogP contribution in [0.4, 0.5) is 5.82 Å². The molecule has 0 saturated carbocycles. The minimum absolute atomic E-state index is 0.143. The van der Waals surface area contributed by atoms with Crippen LogP contribution in [0, 0.1) is 0 Å². The topological polar surface area (TPSA) is 66.7 Å². The van der Waals surface area contributed by atoms with Gasteiger partial charge in [-0.25, -0.2) is 4.98 Å². The van der Waals surface area contributed by atoms with E-state index >= 15 is 0 Å². The SMILES string of the molecule is C=CCNc1nc2ccccn2c(=O)c1C=C1SC(=S)N(CCCCCCCC)C1=O. The summed E-state index contributed by atoms with van der Waals surface area (Å²) in [6.45, 7) is 6.97. The molecule has 3 heterocycles. The van der Waals surface area contributed by atoms with Crippen LogP contribution in [0.25, 0.3) is 11.7 Å². The van der Waals surface area contributed by atoms with Crippen LogP contribution in [0.3, 0.4) is 0 Å². The van der Waals surface area contributed by atoms with Gasteiger partial charge in [0.25, 0.3) is 11.5 Å². The highest BCUT2D eigenvalue weighted by Crippen LogP contribution is 2.33. The van der Waals surface area contributed by atoms with Crippen LogP contribution in [0.5, 0.6) is 0 Å². The Labute approximate surface area is 192 Å². The second kappa shape index (κ2) is 11.2. The number of thioether (sulfide) groups is 1. The lowest BCUT2D eigenvalue weighted by Crippen LogP contribution is -2.29. The number of fused-ring (bicyclic) bond motifs is 1. The zero-order chi connectivity index (χ0) is 22.2. The fraction of sp³-hybridized carbons (Fsp3) is 0.391. The summed E-state index contributed by atoms with van der Waals surface area (Å²) < 4.78 is 2.02. The van der Waals surface area contributed by atoms with Gasteiger partial charge < -0.3 is 5.32 Å². The minimum Gasteiger partial charge on any atom is -0.366 e. The van der Waals surface area contributed by atoms with Crippen molar-refractivity contribution in [3.05, 3.63) is 57.9 Å². The number of anilines is 1. The van der Waals surface area contributed by atoms with Crippen LogP contribution in [0.15, 0.2) is 46.8 Å². The van der Waals surface area contributed by atoms with Crippen LogP contribution in [-0.2, 0) is 4.79 Å². The van der Waals surface area contributed by atoms with E-state index in [1.807, 2.05) is 6.07 Å². The number of carbonyl (C=O) groups is 1. The molecule has 1 amide bonds. The lowest BCUT2D eigenvalue weighted by Gasteiger charge is -2.14. The molecule has 6 nitrogen and oxygen atoms in total. The summed E-state index contributed by atoms with van der Waals surface area (Å²) in [6.07, 6.45) is 11.9. The molecule has 0 bridgehead atoms. The fourth-order valence-electron chi connectivity index (χ4n) is 3.41. The van der Waals surface area contributed by atoms with Gasteiger partial charge in [-0.2, -0.15) is 0 Å². The molecule has 0 radical (unpaired) electrons. The molecular weight excluding hydrogens is 428 g/mol. The molecule has 31 heavy (non-hydrogen) atoms. The predicted molar refractivity (Wildman–Crippen MR) is 133 cm³/mol. The van der Waals surface area contributed by atoms with Crippen molar-refractivity contribution in [2.45, 2.75) is 45.4 Å². The molecule has 1 saturated heterocycles. The Balaban J connectivity index is 1.83. The van der Waals surface area contributed by atoms with E-state index in [-0.39, 0.29) is 11.5 Å². The van der Waals surface area contributed by atoms with Crippen molar-refractivity contribution >= 4 is 51.7 Å². The van der Waals surface area contributed by atoms with E-state index in [0.29, 0.717) is 39.3 Å². The first-order chi connectivity index (χ1) is 15.1. The third kappa shape index (κ3) is 5.62. The first-order valence-electron chi connectivity index (χ1n) is 10.7. The number of hydrogen-bond acceptors (Lipinski definition) is 6. The van der Waals surface area contributed by atoms with Gasteiger partial charge >= 0.3 is 0 Å². The minimum atomic E-state index is -0.238. The highest BCUT2D eigenvalue weighted by molar-refractivity contribution is 8.26. The zero-order valence-electron chi connectivity index (χ0n) is 17.8. The van der Waals surface area contributed by atoms with Gasteiger partial charge in [-0.3, -0.25) is 18.9 Å². The Kier molecular flexibility index (Phi) is 8.43. The number of amides is 1. The second-order valence-electron chi connectivity index (χ2n) is 7.38. The van der Waals surface area contributed by atoms with E-state index in [4.69, 9.17) is 12.2 Å². The van der Waals surface area contributed by atoms with Crippen molar-refractivity contribution in [3.8, 4) is 0 Å². The van der Waals surface area contributed by atoms with Gasteiger partial charge in [0.2, 0.25) is 0 Å². The van der Waals surface area contributed by atoms with E-state index in [1.54, 1.807) is 35.4 Å². The Bertz CT molecular complexity index is 1060. The Hall–Kier alpha value is -2.45. The molecule has 0 atom stereocenters. The summed E-state index contributed by atoms with van der Waals surface area (Å²) in [7, 11) is 0. The fourth-order valence-corrected chi connectivity index (χ4v) is 4.70. The third-order valence-electron chi connectivity index (χ3n) is 5.07. The van der Waals surface area contributed by atoms with Gasteiger partial charge in [0, 0.05) is 19.3 Å². The van der Waals surface area contributed by atoms with E-state index < -0.39 is 0 Å². The summed E-state index contributed by atoms with van der Waals surface area (Å²) >= 11 is 6.68. The van der Waals surface area contributed by atoms with E-state index in [0.717, 1.165) is 12.8 Å². The number of hydrogen-bond donors (Lipinski definition) is 1. The predicted octanol–water partition coefficient (Wildman–Crippen LogP) is 4.85. The van der Waals surface area contributed by atoms with Crippen LogP contribution in [0.2, 0.25) is 0 Å². The summed E-state index contributed by atoms with van der Waals surface area (Å²) in [6, 6.07) is 5.37. The van der Waals surface area contributed by atoms with E-state index in [9.17, 15) is 9.59 Å². The van der Waals surface area contributed by atoms with Crippen molar-refractivity contribution in [3.63, 3.8) is 0 Å². The van der Waals surface area contributed by atoms with Crippen molar-refractivity contribution in [1.82, 2.24) is 14.3 Å². The molecule has 0 aliphatic carbocycles. The van der Waals surface area contributed by atoms with Crippen LogP contribution < -0.4 is 10.9 Å². The van der Waals surface area contributed by atoms with E-state index in [1.165, 1.54) is 41.8 Å². The number of pyridine rings is 1. The quantitative estimate of drug-likeness (QED) is 0.226. The molecule has 1 aliphatic heterocycles. The second-order valence-corrected chi connectivity index (χ2v) is 9.05. The maximum atomic E-state index is 13.1. The Morgan fingerprint density at radius 1 is 1.19 bits per heavy atom. The summed E-state index contributed by atoms with van der Waals surface area (Å²) in [4.78, 5) is 32.7. The Morgan fingerprint density at radius 3 is 2.74 bits per heavy atom. The number of nitrogens with one attached hydrogen (secondary N) is 1. The monoisotopic (exact) mass is 456 g/mol. The number of nitrogens with zero attached hydrogens (tertiary/aromatic N) is 3. The van der Waals surface area contributed by atoms with Crippen molar-refractivity contribution in [2.24, 2.45) is 0 Å². The number of aromatic nitrogens is 2. The summed E-state index contributed by atoms with van der Waals surface area (Å²) in [5.41, 5.74) is 0.635. The number of thiocarbonyl (C=S) groups is 1. The maximum absolute atomic E-state index is 13.1. The number of unbranched alkanes of at least 4 members (excludes halogenated alkanes) is 5. The zero-order valence-corrected chi connectivity index (χ0v) is 19.4.